The summed E-state index contributed by atoms with van der Waals surface area (Å²) in [6.07, 6.45) is 0.439. The first-order valence-electron chi connectivity index (χ1n) is 13.9. The molecule has 1 unspecified atom stereocenters. The van der Waals surface area contributed by atoms with E-state index in [4.69, 9.17) is 21.3 Å². The molecule has 0 aliphatic carbocycles. The molecule has 11 nitrogen and oxygen atoms in total. The van der Waals surface area contributed by atoms with Crippen LogP contribution in [0.25, 0.3) is 22.4 Å². The molecule has 12 heteroatoms. The molecule has 2 aliphatic rings. The van der Waals surface area contributed by atoms with Gasteiger partial charge in [-0.15, -0.1) is 0 Å². The maximum atomic E-state index is 13.1. The molecular formula is C31H33ClN6O5. The number of methoxy groups -OCH3 is 1. The highest BCUT2D eigenvalue weighted by Gasteiger charge is 2.39. The van der Waals surface area contributed by atoms with Crippen molar-refractivity contribution in [3.63, 3.8) is 0 Å². The van der Waals surface area contributed by atoms with Gasteiger partial charge in [-0.1, -0.05) is 48.0 Å². The topological polar surface area (TPSA) is 133 Å². The summed E-state index contributed by atoms with van der Waals surface area (Å²) in [4.78, 5) is 56.4. The molecule has 0 bridgehead atoms. The number of carbonyl (C=O) groups is 4. The number of pyridine rings is 1. The number of benzene rings is 2. The Morgan fingerprint density at radius 3 is 2.51 bits per heavy atom. The van der Waals surface area contributed by atoms with Gasteiger partial charge in [0.05, 0.1) is 17.8 Å². The number of rotatable bonds is 8. The van der Waals surface area contributed by atoms with Crippen molar-refractivity contribution in [3.05, 3.63) is 64.7 Å². The first-order chi connectivity index (χ1) is 20.6. The van der Waals surface area contributed by atoms with Crippen molar-refractivity contribution < 1.29 is 23.9 Å². The zero-order valence-electron chi connectivity index (χ0n) is 24.4. The summed E-state index contributed by atoms with van der Waals surface area (Å²) in [5, 5.41) is 9.53. The predicted octanol–water partition coefficient (Wildman–Crippen LogP) is 3.44. The summed E-state index contributed by atoms with van der Waals surface area (Å²) in [6.45, 7) is 2.96. The quantitative estimate of drug-likeness (QED) is 0.336. The van der Waals surface area contributed by atoms with Gasteiger partial charge >= 0.3 is 6.03 Å². The first-order valence-corrected chi connectivity index (χ1v) is 14.2. The summed E-state index contributed by atoms with van der Waals surface area (Å²) >= 11 is 6.98. The highest BCUT2D eigenvalue weighted by atomic mass is 35.5. The fraction of sp³-hybridized carbons (Fsp3) is 0.323. The molecule has 2 aromatic carbocycles. The molecule has 2 fully saturated rings. The Bertz CT molecular complexity index is 1610. The van der Waals surface area contributed by atoms with Crippen molar-refractivity contribution in [2.75, 3.05) is 39.6 Å². The zero-order chi connectivity index (χ0) is 30.8. The van der Waals surface area contributed by atoms with E-state index in [0.29, 0.717) is 47.4 Å². The molecule has 5 rings (SSSR count). The van der Waals surface area contributed by atoms with E-state index in [2.05, 4.69) is 16.0 Å². The minimum Gasteiger partial charge on any atom is -0.481 e. The number of imide groups is 1. The van der Waals surface area contributed by atoms with Crippen LogP contribution in [0.4, 0.5) is 10.5 Å². The largest absolute Gasteiger partial charge is 0.481 e. The Morgan fingerprint density at radius 2 is 1.79 bits per heavy atom. The SMILES string of the molecule is COc1nc(-c2cccc(-c3cccc(NC(=O)C4CN(C)C(=O)N(C)C4=O)c3C)c2Cl)ccc1CN[C@@H]1CNC(=O)C1. The predicted molar refractivity (Wildman–Crippen MR) is 163 cm³/mol. The van der Waals surface area contributed by atoms with Crippen molar-refractivity contribution >= 4 is 41.0 Å². The standard InChI is InChI=1S/C31H33ClN6O5/c1-17-20(7-6-10-24(17)35-28(40)23-16-37(2)31(42)38(3)30(23)41)21-8-5-9-22(27(21)32)25-12-11-18(29(36-25)43-4)14-33-19-13-26(39)34-15-19/h5-12,19,23,33H,13-16H2,1-4H3,(H,34,39)(H,35,40)/t19-,23?/m0/s1. The molecule has 3 heterocycles. The highest BCUT2D eigenvalue weighted by molar-refractivity contribution is 6.36. The molecule has 0 radical (unpaired) electrons. The Hall–Kier alpha value is -4.48. The maximum absolute atomic E-state index is 13.1. The van der Waals surface area contributed by atoms with Crippen LogP contribution in [-0.2, 0) is 20.9 Å². The average molecular weight is 605 g/mol. The molecule has 0 spiro atoms. The number of nitrogens with zero attached hydrogens (tertiary/aromatic N) is 3. The maximum Gasteiger partial charge on any atom is 0.326 e. The van der Waals surface area contributed by atoms with Crippen molar-refractivity contribution in [2.24, 2.45) is 5.92 Å². The molecule has 2 aliphatic heterocycles. The lowest BCUT2D eigenvalue weighted by molar-refractivity contribution is -0.140. The second-order valence-corrected chi connectivity index (χ2v) is 11.1. The fourth-order valence-corrected chi connectivity index (χ4v) is 5.69. The van der Waals surface area contributed by atoms with Gasteiger partial charge in [-0.05, 0) is 30.2 Å². The molecule has 43 heavy (non-hydrogen) atoms. The van der Waals surface area contributed by atoms with Gasteiger partial charge in [0.15, 0.2) is 0 Å². The van der Waals surface area contributed by atoms with Gasteiger partial charge in [0.1, 0.15) is 5.92 Å². The number of ether oxygens (including phenoxy) is 1. The molecule has 224 valence electrons. The Labute approximate surface area is 254 Å². The van der Waals surface area contributed by atoms with Gasteiger partial charge in [0.2, 0.25) is 23.6 Å². The van der Waals surface area contributed by atoms with Crippen LogP contribution in [-0.4, -0.2) is 78.9 Å². The number of anilines is 1. The summed E-state index contributed by atoms with van der Waals surface area (Å²) < 4.78 is 5.58. The van der Waals surface area contributed by atoms with Crippen LogP contribution in [0, 0.1) is 12.8 Å². The van der Waals surface area contributed by atoms with Crippen LogP contribution in [0.5, 0.6) is 5.88 Å². The zero-order valence-corrected chi connectivity index (χ0v) is 25.1. The Kier molecular flexibility index (Phi) is 8.65. The van der Waals surface area contributed by atoms with E-state index in [0.717, 1.165) is 27.2 Å². The second kappa shape index (κ2) is 12.4. The van der Waals surface area contributed by atoms with Crippen LogP contribution < -0.4 is 20.7 Å². The Morgan fingerprint density at radius 1 is 1.07 bits per heavy atom. The highest BCUT2D eigenvalue weighted by Crippen LogP contribution is 2.39. The number of carbonyl (C=O) groups excluding carboxylic acids is 4. The summed E-state index contributed by atoms with van der Waals surface area (Å²) in [7, 11) is 4.48. The summed E-state index contributed by atoms with van der Waals surface area (Å²) in [6, 6.07) is 14.6. The van der Waals surface area contributed by atoms with Crippen molar-refractivity contribution in [1.29, 1.82) is 0 Å². The summed E-state index contributed by atoms with van der Waals surface area (Å²) in [5.41, 5.74) is 5.05. The molecule has 5 amide bonds. The number of halogens is 1. The normalized spacial score (nSPS) is 18.6. The first kappa shape index (κ1) is 30.0. The molecule has 3 N–H and O–H groups in total. The molecule has 1 aromatic heterocycles. The van der Waals surface area contributed by atoms with E-state index in [1.807, 2.05) is 49.4 Å². The van der Waals surface area contributed by atoms with E-state index in [1.54, 1.807) is 20.2 Å². The molecule has 2 atom stereocenters. The minimum atomic E-state index is -1.01. The van der Waals surface area contributed by atoms with E-state index in [-0.39, 0.29) is 18.5 Å². The molecule has 3 aromatic rings. The fourth-order valence-electron chi connectivity index (χ4n) is 5.36. The lowest BCUT2D eigenvalue weighted by Gasteiger charge is -2.33. The third-order valence-corrected chi connectivity index (χ3v) is 8.27. The number of aromatic nitrogens is 1. The third-order valence-electron chi connectivity index (χ3n) is 7.86. The number of urea groups is 1. The third kappa shape index (κ3) is 6.04. The van der Waals surface area contributed by atoms with Gasteiger partial charge in [-0.2, -0.15) is 0 Å². The Balaban J connectivity index is 1.38. The van der Waals surface area contributed by atoms with Crippen LogP contribution in [0.2, 0.25) is 5.02 Å². The van der Waals surface area contributed by atoms with Crippen LogP contribution in [0.3, 0.4) is 0 Å². The van der Waals surface area contributed by atoms with Crippen LogP contribution >= 0.6 is 11.6 Å². The van der Waals surface area contributed by atoms with Gasteiger partial charge in [-0.25, -0.2) is 9.78 Å². The molecule has 2 saturated heterocycles. The molecule has 0 saturated carbocycles. The average Bonchev–Trinajstić information content (AvgIpc) is 3.42. The van der Waals surface area contributed by atoms with Crippen molar-refractivity contribution in [2.45, 2.75) is 25.9 Å². The van der Waals surface area contributed by atoms with Crippen molar-refractivity contribution in [1.82, 2.24) is 25.4 Å². The van der Waals surface area contributed by atoms with Crippen LogP contribution in [0.1, 0.15) is 17.5 Å². The van der Waals surface area contributed by atoms with Gasteiger partial charge in [-0.3, -0.25) is 19.3 Å². The number of amides is 5. The van der Waals surface area contributed by atoms with Gasteiger partial charge in [0.25, 0.3) is 0 Å². The van der Waals surface area contributed by atoms with E-state index in [9.17, 15) is 19.2 Å². The number of nitrogens with one attached hydrogen (secondary N) is 3. The van der Waals surface area contributed by atoms with E-state index >= 15 is 0 Å². The van der Waals surface area contributed by atoms with E-state index in [1.165, 1.54) is 11.9 Å². The summed E-state index contributed by atoms with van der Waals surface area (Å²) in [5.74, 6) is -1.55. The minimum absolute atomic E-state index is 0.00320. The monoisotopic (exact) mass is 604 g/mol. The van der Waals surface area contributed by atoms with E-state index < -0.39 is 23.8 Å². The number of hydrogen-bond acceptors (Lipinski definition) is 7. The van der Waals surface area contributed by atoms with Gasteiger partial charge < -0.3 is 25.6 Å². The lowest BCUT2D eigenvalue weighted by Crippen LogP contribution is -2.56. The molecular weight excluding hydrogens is 572 g/mol. The van der Waals surface area contributed by atoms with Crippen molar-refractivity contribution in [3.8, 4) is 28.3 Å². The smallest absolute Gasteiger partial charge is 0.326 e. The second-order valence-electron chi connectivity index (χ2n) is 10.7. The van der Waals surface area contributed by atoms with Crippen LogP contribution in [0.15, 0.2) is 48.5 Å². The number of hydrogen-bond donors (Lipinski definition) is 3. The lowest BCUT2D eigenvalue weighted by atomic mass is 9.96. The van der Waals surface area contributed by atoms with Gasteiger partial charge in [0, 0.05) is 68.6 Å².